The number of anilines is 1. The number of benzene rings is 1. The highest BCUT2D eigenvalue weighted by Crippen LogP contribution is 2.26. The van der Waals surface area contributed by atoms with E-state index >= 15 is 0 Å². The molecule has 2 rings (SSSR count). The Balaban J connectivity index is 2.33. The summed E-state index contributed by atoms with van der Waals surface area (Å²) < 4.78 is 1.49. The number of rotatable bonds is 5. The Morgan fingerprint density at radius 3 is 2.84 bits per heavy atom. The number of carboxylic acids is 1. The van der Waals surface area contributed by atoms with Crippen molar-refractivity contribution < 1.29 is 9.90 Å². The fraction of sp³-hybridized carbons (Fsp3) is 0.286. The molecule has 0 bridgehead atoms. The molecule has 5 nitrogen and oxygen atoms in total. The van der Waals surface area contributed by atoms with Crippen LogP contribution in [0.25, 0.3) is 11.1 Å². The average molecular weight is 259 g/mol. The number of carboxylic acid groups (broad SMARTS) is 1. The second-order valence-electron chi connectivity index (χ2n) is 4.44. The van der Waals surface area contributed by atoms with E-state index in [0.29, 0.717) is 12.1 Å². The molecule has 0 amide bonds. The number of nitrogens with two attached hydrogens (primary N) is 1. The summed E-state index contributed by atoms with van der Waals surface area (Å²) in [6.07, 6.45) is 4.73. The van der Waals surface area contributed by atoms with Crippen LogP contribution in [0.3, 0.4) is 0 Å². The smallest absolute Gasteiger partial charge is 0.328 e. The molecule has 0 spiro atoms. The fourth-order valence-electron chi connectivity index (χ4n) is 2.05. The number of aliphatic carboxylic acids is 1. The highest BCUT2D eigenvalue weighted by molar-refractivity contribution is 5.76. The number of carbonyl (C=O) groups is 1. The number of para-hydroxylation sites is 1. The summed E-state index contributed by atoms with van der Waals surface area (Å²) >= 11 is 0. The molecule has 1 aromatic carbocycles. The van der Waals surface area contributed by atoms with Crippen LogP contribution in [0.15, 0.2) is 36.7 Å². The molecule has 1 unspecified atom stereocenters. The number of hydrogen-bond donors (Lipinski definition) is 2. The highest BCUT2D eigenvalue weighted by atomic mass is 16.4. The Kier molecular flexibility index (Phi) is 3.85. The van der Waals surface area contributed by atoms with E-state index in [1.54, 1.807) is 12.4 Å². The molecule has 0 aliphatic rings. The third-order valence-corrected chi connectivity index (χ3v) is 3.04. The molecular formula is C14H17N3O2. The zero-order valence-electron chi connectivity index (χ0n) is 10.8. The van der Waals surface area contributed by atoms with Crippen LogP contribution < -0.4 is 5.73 Å². The maximum atomic E-state index is 11.2. The molecule has 0 fully saturated rings. The number of hydrogen-bond acceptors (Lipinski definition) is 3. The van der Waals surface area contributed by atoms with Gasteiger partial charge in [-0.05, 0) is 12.5 Å². The molecule has 0 saturated heterocycles. The lowest BCUT2D eigenvalue weighted by atomic mass is 10.1. The van der Waals surface area contributed by atoms with Gasteiger partial charge in [0, 0.05) is 23.0 Å². The van der Waals surface area contributed by atoms with E-state index in [-0.39, 0.29) is 0 Å². The molecule has 1 heterocycles. The van der Waals surface area contributed by atoms with E-state index in [2.05, 4.69) is 5.10 Å². The van der Waals surface area contributed by atoms with Crippen LogP contribution in [-0.2, 0) is 4.79 Å². The van der Waals surface area contributed by atoms with E-state index in [1.807, 2.05) is 31.2 Å². The maximum Gasteiger partial charge on any atom is 0.328 e. The SMILES string of the molecule is CCCC(C(=O)O)n1cc(-c2ccccc2N)cn1. The molecule has 5 heteroatoms. The summed E-state index contributed by atoms with van der Waals surface area (Å²) in [6, 6.07) is 6.84. The van der Waals surface area contributed by atoms with Crippen LogP contribution in [0, 0.1) is 0 Å². The molecule has 1 aromatic heterocycles. The van der Waals surface area contributed by atoms with Gasteiger partial charge in [-0.25, -0.2) is 4.79 Å². The summed E-state index contributed by atoms with van der Waals surface area (Å²) in [7, 11) is 0. The van der Waals surface area contributed by atoms with Crippen molar-refractivity contribution in [3.63, 3.8) is 0 Å². The van der Waals surface area contributed by atoms with Gasteiger partial charge in [-0.2, -0.15) is 5.10 Å². The first-order chi connectivity index (χ1) is 9.13. The summed E-state index contributed by atoms with van der Waals surface area (Å²) in [5, 5.41) is 13.4. The van der Waals surface area contributed by atoms with Crippen molar-refractivity contribution in [3.05, 3.63) is 36.7 Å². The number of nitrogen functional groups attached to an aromatic ring is 1. The molecule has 0 aliphatic carbocycles. The van der Waals surface area contributed by atoms with E-state index in [4.69, 9.17) is 5.73 Å². The van der Waals surface area contributed by atoms with Gasteiger partial charge >= 0.3 is 5.97 Å². The van der Waals surface area contributed by atoms with Crippen LogP contribution in [0.5, 0.6) is 0 Å². The first-order valence-corrected chi connectivity index (χ1v) is 6.25. The number of aromatic nitrogens is 2. The minimum atomic E-state index is -0.863. The standard InChI is InChI=1S/C14H17N3O2/c1-2-5-13(14(18)19)17-9-10(8-16-17)11-6-3-4-7-12(11)15/h3-4,6-9,13H,2,5,15H2,1H3,(H,18,19). The Morgan fingerprint density at radius 1 is 1.47 bits per heavy atom. The van der Waals surface area contributed by atoms with E-state index in [0.717, 1.165) is 17.5 Å². The topological polar surface area (TPSA) is 81.1 Å². The first-order valence-electron chi connectivity index (χ1n) is 6.25. The fourth-order valence-corrected chi connectivity index (χ4v) is 2.05. The summed E-state index contributed by atoms with van der Waals surface area (Å²) in [4.78, 5) is 11.2. The van der Waals surface area contributed by atoms with Crippen LogP contribution in [0.2, 0.25) is 0 Å². The Labute approximate surface area is 111 Å². The van der Waals surface area contributed by atoms with Gasteiger partial charge in [0.1, 0.15) is 6.04 Å². The van der Waals surface area contributed by atoms with Crippen LogP contribution in [0.4, 0.5) is 5.69 Å². The van der Waals surface area contributed by atoms with Crippen molar-refractivity contribution in [3.8, 4) is 11.1 Å². The Morgan fingerprint density at radius 2 is 2.21 bits per heavy atom. The molecule has 3 N–H and O–H groups in total. The van der Waals surface area contributed by atoms with Crippen LogP contribution in [0.1, 0.15) is 25.8 Å². The van der Waals surface area contributed by atoms with Crippen molar-refractivity contribution >= 4 is 11.7 Å². The first kappa shape index (κ1) is 13.1. The molecule has 2 aromatic rings. The second-order valence-corrected chi connectivity index (χ2v) is 4.44. The third-order valence-electron chi connectivity index (χ3n) is 3.04. The number of nitrogens with zero attached hydrogens (tertiary/aromatic N) is 2. The van der Waals surface area contributed by atoms with Gasteiger partial charge in [0.2, 0.25) is 0 Å². The Bertz CT molecular complexity index is 578. The van der Waals surface area contributed by atoms with Crippen LogP contribution in [-0.4, -0.2) is 20.9 Å². The lowest BCUT2D eigenvalue weighted by Gasteiger charge is -2.11. The summed E-state index contributed by atoms with van der Waals surface area (Å²) in [5.41, 5.74) is 8.26. The van der Waals surface area contributed by atoms with E-state index in [9.17, 15) is 9.90 Å². The molecule has 0 aliphatic heterocycles. The van der Waals surface area contributed by atoms with Crippen LogP contribution >= 0.6 is 0 Å². The molecule has 19 heavy (non-hydrogen) atoms. The Hall–Kier alpha value is -2.30. The van der Waals surface area contributed by atoms with Gasteiger partial charge in [0.05, 0.1) is 6.20 Å². The zero-order chi connectivity index (χ0) is 13.8. The van der Waals surface area contributed by atoms with Gasteiger partial charge < -0.3 is 10.8 Å². The lowest BCUT2D eigenvalue weighted by molar-refractivity contribution is -0.141. The molecule has 0 saturated carbocycles. The minimum Gasteiger partial charge on any atom is -0.480 e. The van der Waals surface area contributed by atoms with Crippen molar-refractivity contribution in [2.45, 2.75) is 25.8 Å². The zero-order valence-corrected chi connectivity index (χ0v) is 10.8. The molecule has 0 radical (unpaired) electrons. The predicted molar refractivity (Wildman–Crippen MR) is 73.7 cm³/mol. The van der Waals surface area contributed by atoms with Gasteiger partial charge in [-0.1, -0.05) is 31.5 Å². The van der Waals surface area contributed by atoms with Gasteiger partial charge in [0.25, 0.3) is 0 Å². The molecular weight excluding hydrogens is 242 g/mol. The third kappa shape index (κ3) is 2.76. The molecule has 100 valence electrons. The predicted octanol–water partition coefficient (Wildman–Crippen LogP) is 2.56. The average Bonchev–Trinajstić information content (AvgIpc) is 2.85. The highest BCUT2D eigenvalue weighted by Gasteiger charge is 2.19. The van der Waals surface area contributed by atoms with Crippen molar-refractivity contribution in [2.75, 3.05) is 5.73 Å². The van der Waals surface area contributed by atoms with Crippen molar-refractivity contribution in [1.82, 2.24) is 9.78 Å². The largest absolute Gasteiger partial charge is 0.480 e. The normalized spacial score (nSPS) is 12.3. The lowest BCUT2D eigenvalue weighted by Crippen LogP contribution is -2.19. The van der Waals surface area contributed by atoms with Gasteiger partial charge in [-0.3, -0.25) is 4.68 Å². The van der Waals surface area contributed by atoms with Crippen molar-refractivity contribution in [1.29, 1.82) is 0 Å². The van der Waals surface area contributed by atoms with Crippen molar-refractivity contribution in [2.24, 2.45) is 0 Å². The van der Waals surface area contributed by atoms with Gasteiger partial charge in [0.15, 0.2) is 0 Å². The van der Waals surface area contributed by atoms with E-state index < -0.39 is 12.0 Å². The van der Waals surface area contributed by atoms with E-state index in [1.165, 1.54) is 4.68 Å². The minimum absolute atomic E-state index is 0.556. The monoisotopic (exact) mass is 259 g/mol. The second kappa shape index (κ2) is 5.56. The quantitative estimate of drug-likeness (QED) is 0.808. The maximum absolute atomic E-state index is 11.2. The summed E-state index contributed by atoms with van der Waals surface area (Å²) in [5.74, 6) is -0.863. The molecule has 1 atom stereocenters. The summed E-state index contributed by atoms with van der Waals surface area (Å²) in [6.45, 7) is 1.95. The van der Waals surface area contributed by atoms with Gasteiger partial charge in [-0.15, -0.1) is 0 Å².